The Morgan fingerprint density at radius 3 is 2.39 bits per heavy atom. The number of aromatic nitrogens is 1. The molecule has 3 rings (SSSR count). The molecule has 1 fully saturated rings. The molecule has 0 unspecified atom stereocenters. The summed E-state index contributed by atoms with van der Waals surface area (Å²) in [4.78, 5) is 26.1. The van der Waals surface area contributed by atoms with Crippen LogP contribution in [0.3, 0.4) is 0 Å². The van der Waals surface area contributed by atoms with Crippen LogP contribution in [0.2, 0.25) is 0 Å². The first-order valence-electron chi connectivity index (χ1n) is 10.00. The summed E-state index contributed by atoms with van der Waals surface area (Å²) in [5, 5.41) is 11.9. The highest BCUT2D eigenvalue weighted by atomic mass is 16.7. The van der Waals surface area contributed by atoms with Crippen molar-refractivity contribution >= 4 is 25.3 Å². The summed E-state index contributed by atoms with van der Waals surface area (Å²) >= 11 is 0. The molecule has 0 bridgehead atoms. The first-order valence-corrected chi connectivity index (χ1v) is 10.00. The molecule has 2 aromatic rings. The number of benzene rings is 1. The largest absolute Gasteiger partial charge is 0.492 e. The van der Waals surface area contributed by atoms with Gasteiger partial charge in [-0.3, -0.25) is 0 Å². The Bertz CT molecular complexity index is 951. The molecule has 1 aromatic carbocycles. The van der Waals surface area contributed by atoms with E-state index in [-0.39, 0.29) is 18.8 Å². The normalized spacial score (nSPS) is 17.4. The van der Waals surface area contributed by atoms with Gasteiger partial charge in [0.2, 0.25) is 0 Å². The Labute approximate surface area is 181 Å². The molecule has 2 heterocycles. The predicted molar refractivity (Wildman–Crippen MR) is 116 cm³/mol. The van der Waals surface area contributed by atoms with Gasteiger partial charge >= 0.3 is 19.2 Å². The maximum Gasteiger partial charge on any atom is 0.492 e. The summed E-state index contributed by atoms with van der Waals surface area (Å²) in [6.07, 6.45) is 2.73. The van der Waals surface area contributed by atoms with Crippen LogP contribution in [-0.4, -0.2) is 47.0 Å². The standard InChI is InChI=1S/C22H27BN2O6/c1-21(2)22(3,4)31-23(30-21)17(10-16-11-18(19(26)27)24-12-16)13-25-20(28)29-14-15-8-6-5-7-9-15/h5-12,24H,13-14H2,1-4H3,(H,25,28)(H,26,27). The van der Waals surface area contributed by atoms with Crippen molar-refractivity contribution in [3.63, 3.8) is 0 Å². The molecule has 0 radical (unpaired) electrons. The summed E-state index contributed by atoms with van der Waals surface area (Å²) in [5.74, 6) is -1.06. The molecule has 164 valence electrons. The zero-order valence-corrected chi connectivity index (χ0v) is 18.1. The lowest BCUT2D eigenvalue weighted by Crippen LogP contribution is -2.41. The van der Waals surface area contributed by atoms with E-state index in [1.54, 1.807) is 12.3 Å². The Balaban J connectivity index is 1.72. The van der Waals surface area contributed by atoms with E-state index >= 15 is 0 Å². The first-order chi connectivity index (χ1) is 14.6. The van der Waals surface area contributed by atoms with Gasteiger partial charge in [-0.1, -0.05) is 36.4 Å². The van der Waals surface area contributed by atoms with Crippen LogP contribution < -0.4 is 5.32 Å². The highest BCUT2D eigenvalue weighted by molar-refractivity contribution is 6.56. The molecule has 3 N–H and O–H groups in total. The minimum absolute atomic E-state index is 0.0646. The average molecular weight is 426 g/mol. The number of carboxylic acids is 1. The smallest absolute Gasteiger partial charge is 0.477 e. The summed E-state index contributed by atoms with van der Waals surface area (Å²) in [7, 11) is -0.706. The quantitative estimate of drug-likeness (QED) is 0.583. The van der Waals surface area contributed by atoms with Gasteiger partial charge in [-0.2, -0.15) is 0 Å². The van der Waals surface area contributed by atoms with E-state index in [1.165, 1.54) is 6.07 Å². The highest BCUT2D eigenvalue weighted by Crippen LogP contribution is 2.38. The number of H-pyrrole nitrogens is 1. The van der Waals surface area contributed by atoms with E-state index in [9.17, 15) is 9.59 Å². The van der Waals surface area contributed by atoms with Gasteiger partial charge < -0.3 is 29.5 Å². The third-order valence-electron chi connectivity index (χ3n) is 5.49. The lowest BCUT2D eigenvalue weighted by molar-refractivity contribution is 0.00578. The van der Waals surface area contributed by atoms with Gasteiger partial charge in [0.05, 0.1) is 11.2 Å². The number of alkyl carbamates (subject to hydrolysis) is 1. The molecular formula is C22H27BN2O6. The highest BCUT2D eigenvalue weighted by Gasteiger charge is 2.52. The van der Waals surface area contributed by atoms with Gasteiger partial charge in [0, 0.05) is 12.7 Å². The van der Waals surface area contributed by atoms with Crippen LogP contribution in [0.4, 0.5) is 4.79 Å². The van der Waals surface area contributed by atoms with Gasteiger partial charge in [-0.25, -0.2) is 9.59 Å². The zero-order chi connectivity index (χ0) is 22.6. The second-order valence-corrected chi connectivity index (χ2v) is 8.37. The number of carboxylic acid groups (broad SMARTS) is 1. The summed E-state index contributed by atoms with van der Waals surface area (Å²) in [6, 6.07) is 10.9. The summed E-state index contributed by atoms with van der Waals surface area (Å²) in [5.41, 5.74) is 1.08. The fourth-order valence-electron chi connectivity index (χ4n) is 2.98. The second-order valence-electron chi connectivity index (χ2n) is 8.37. The lowest BCUT2D eigenvalue weighted by Gasteiger charge is -2.32. The van der Waals surface area contributed by atoms with Crippen LogP contribution in [0.15, 0.2) is 48.1 Å². The van der Waals surface area contributed by atoms with E-state index in [1.807, 2.05) is 58.0 Å². The van der Waals surface area contributed by atoms with Gasteiger partial charge in [0.25, 0.3) is 0 Å². The van der Waals surface area contributed by atoms with Crippen LogP contribution in [0, 0.1) is 0 Å². The van der Waals surface area contributed by atoms with E-state index < -0.39 is 30.4 Å². The molecular weight excluding hydrogens is 399 g/mol. The fraction of sp³-hybridized carbons (Fsp3) is 0.364. The lowest BCUT2D eigenvalue weighted by atomic mass is 9.77. The van der Waals surface area contributed by atoms with Crippen molar-refractivity contribution in [3.8, 4) is 0 Å². The SMILES string of the molecule is CC1(C)OB(C(=Cc2c[nH]c(C(=O)O)c2)CNC(=O)OCc2ccccc2)OC1(C)C. The van der Waals surface area contributed by atoms with Gasteiger partial charge in [0.15, 0.2) is 0 Å². The number of rotatable bonds is 7. The van der Waals surface area contributed by atoms with E-state index in [2.05, 4.69) is 10.3 Å². The third-order valence-corrected chi connectivity index (χ3v) is 5.49. The molecule has 31 heavy (non-hydrogen) atoms. The zero-order valence-electron chi connectivity index (χ0n) is 18.1. The molecule has 9 heteroatoms. The van der Waals surface area contributed by atoms with Crippen LogP contribution in [0.5, 0.6) is 0 Å². The minimum Gasteiger partial charge on any atom is -0.477 e. The average Bonchev–Trinajstić information content (AvgIpc) is 3.26. The van der Waals surface area contributed by atoms with Crippen LogP contribution in [-0.2, 0) is 20.7 Å². The molecule has 0 saturated carbocycles. The number of carbonyl (C=O) groups excluding carboxylic acids is 1. The molecule has 1 amide bonds. The number of hydrogen-bond donors (Lipinski definition) is 3. The minimum atomic E-state index is -1.06. The summed E-state index contributed by atoms with van der Waals surface area (Å²) in [6.45, 7) is 8.01. The van der Waals surface area contributed by atoms with Crippen molar-refractivity contribution in [1.29, 1.82) is 0 Å². The third kappa shape index (κ3) is 5.56. The topological polar surface area (TPSA) is 110 Å². The summed E-state index contributed by atoms with van der Waals surface area (Å²) < 4.78 is 17.5. The van der Waals surface area contributed by atoms with Crippen LogP contribution >= 0.6 is 0 Å². The van der Waals surface area contributed by atoms with Crippen molar-refractivity contribution in [2.24, 2.45) is 0 Å². The van der Waals surface area contributed by atoms with Crippen LogP contribution in [0.25, 0.3) is 6.08 Å². The maximum atomic E-state index is 12.2. The Hall–Kier alpha value is -3.04. The molecule has 0 aliphatic carbocycles. The molecule has 1 aliphatic heterocycles. The van der Waals surface area contributed by atoms with Gasteiger partial charge in [-0.15, -0.1) is 0 Å². The van der Waals surface area contributed by atoms with Crippen molar-refractivity contribution in [1.82, 2.24) is 10.3 Å². The number of nitrogens with one attached hydrogen (secondary N) is 2. The molecule has 1 aliphatic rings. The Morgan fingerprint density at radius 2 is 1.81 bits per heavy atom. The fourth-order valence-corrected chi connectivity index (χ4v) is 2.98. The number of carbonyl (C=O) groups is 2. The van der Waals surface area contributed by atoms with Crippen LogP contribution in [0.1, 0.15) is 49.3 Å². The molecule has 0 atom stereocenters. The van der Waals surface area contributed by atoms with E-state index in [0.717, 1.165) is 5.56 Å². The van der Waals surface area contributed by atoms with Gasteiger partial charge in [0.1, 0.15) is 12.3 Å². The van der Waals surface area contributed by atoms with E-state index in [0.29, 0.717) is 11.0 Å². The molecule has 1 saturated heterocycles. The Morgan fingerprint density at radius 1 is 1.16 bits per heavy atom. The predicted octanol–water partition coefficient (Wildman–Crippen LogP) is 3.65. The van der Waals surface area contributed by atoms with Crippen molar-refractivity contribution in [2.75, 3.05) is 6.54 Å². The molecule has 8 nitrogen and oxygen atoms in total. The maximum absolute atomic E-state index is 12.2. The number of ether oxygens (including phenoxy) is 1. The van der Waals surface area contributed by atoms with Crippen molar-refractivity contribution < 1.29 is 28.7 Å². The van der Waals surface area contributed by atoms with Gasteiger partial charge in [-0.05, 0) is 50.4 Å². The first kappa shape index (κ1) is 22.6. The second kappa shape index (κ2) is 8.99. The molecule has 0 spiro atoms. The number of aromatic carboxylic acids is 1. The van der Waals surface area contributed by atoms with Crippen molar-refractivity contribution in [2.45, 2.75) is 45.5 Å². The Kier molecular flexibility index (Phi) is 6.57. The van der Waals surface area contributed by atoms with E-state index in [4.69, 9.17) is 19.2 Å². The number of hydrogen-bond acceptors (Lipinski definition) is 5. The van der Waals surface area contributed by atoms with Crippen molar-refractivity contribution in [3.05, 3.63) is 64.9 Å². The molecule has 1 aromatic heterocycles. The number of amides is 1. The monoisotopic (exact) mass is 426 g/mol. The number of aromatic amines is 1.